The Kier molecular flexibility index (Phi) is 8.58. The summed E-state index contributed by atoms with van der Waals surface area (Å²) in [6.07, 6.45) is 0. The van der Waals surface area contributed by atoms with Crippen molar-refractivity contribution < 1.29 is 0 Å². The molecule has 0 amide bonds. The first-order chi connectivity index (χ1) is 29.8. The minimum absolute atomic E-state index is 0.148. The van der Waals surface area contributed by atoms with Gasteiger partial charge in [0.05, 0.1) is 5.69 Å². The molecule has 292 valence electrons. The van der Waals surface area contributed by atoms with Crippen LogP contribution in [-0.2, 0) is 10.8 Å². The molecule has 1 heteroatoms. The van der Waals surface area contributed by atoms with Gasteiger partial charge in [-0.15, -0.1) is 0 Å². The number of anilines is 3. The van der Waals surface area contributed by atoms with Crippen molar-refractivity contribution in [1.29, 1.82) is 0 Å². The number of nitrogens with zero attached hydrogens (tertiary/aromatic N) is 1. The molecular weight excluding hydrogens is 735 g/mol. The van der Waals surface area contributed by atoms with Gasteiger partial charge in [0.2, 0.25) is 0 Å². The van der Waals surface area contributed by atoms with E-state index in [9.17, 15) is 0 Å². The van der Waals surface area contributed by atoms with Crippen LogP contribution in [0, 0.1) is 0 Å². The maximum Gasteiger partial charge on any atom is 0.0546 e. The van der Waals surface area contributed by atoms with Crippen LogP contribution < -0.4 is 4.90 Å². The van der Waals surface area contributed by atoms with E-state index in [1.807, 2.05) is 0 Å². The Morgan fingerprint density at radius 3 is 1.26 bits per heavy atom. The summed E-state index contributed by atoms with van der Waals surface area (Å²) < 4.78 is 0. The Hall–Kier alpha value is -7.22. The zero-order chi connectivity index (χ0) is 41.3. The Morgan fingerprint density at radius 1 is 0.279 bits per heavy atom. The molecule has 11 rings (SSSR count). The second-order valence-electron chi connectivity index (χ2n) is 17.7. The number of benzene rings is 9. The fourth-order valence-corrected chi connectivity index (χ4v) is 10.3. The van der Waals surface area contributed by atoms with Gasteiger partial charge in [-0.3, -0.25) is 0 Å². The van der Waals surface area contributed by atoms with Crippen LogP contribution in [0.2, 0.25) is 0 Å². The maximum atomic E-state index is 2.53. The van der Waals surface area contributed by atoms with Crippen molar-refractivity contribution in [2.24, 2.45) is 0 Å². The van der Waals surface area contributed by atoms with E-state index in [1.54, 1.807) is 0 Å². The fraction of sp³-hybridized carbons (Fsp3) is 0.100. The van der Waals surface area contributed by atoms with Gasteiger partial charge in [0.25, 0.3) is 0 Å². The average Bonchev–Trinajstić information content (AvgIpc) is 3.68. The Labute approximate surface area is 360 Å². The first-order valence-corrected chi connectivity index (χ1v) is 21.5. The molecule has 0 atom stereocenters. The Balaban J connectivity index is 1.17. The molecule has 0 radical (unpaired) electrons. The summed E-state index contributed by atoms with van der Waals surface area (Å²) in [6.45, 7) is 9.50. The predicted molar refractivity (Wildman–Crippen MR) is 258 cm³/mol. The van der Waals surface area contributed by atoms with E-state index < -0.39 is 0 Å². The minimum atomic E-state index is -0.148. The highest BCUT2D eigenvalue weighted by Gasteiger charge is 2.38. The van der Waals surface area contributed by atoms with Crippen LogP contribution in [0.5, 0.6) is 0 Å². The molecule has 0 saturated heterocycles. The van der Waals surface area contributed by atoms with Gasteiger partial charge in [0, 0.05) is 27.8 Å². The lowest BCUT2D eigenvalue weighted by Gasteiger charge is -2.32. The second kappa shape index (κ2) is 14.2. The molecule has 0 aromatic heterocycles. The summed E-state index contributed by atoms with van der Waals surface area (Å²) in [4.78, 5) is 2.53. The van der Waals surface area contributed by atoms with Crippen molar-refractivity contribution in [1.82, 2.24) is 0 Å². The third-order valence-corrected chi connectivity index (χ3v) is 13.5. The highest BCUT2D eigenvalue weighted by molar-refractivity contribution is 5.99. The highest BCUT2D eigenvalue weighted by atomic mass is 15.1. The van der Waals surface area contributed by atoms with E-state index in [-0.39, 0.29) is 10.8 Å². The standard InChI is InChI=1S/C60H47N/c1-59(2)53-26-13-11-23-49(53)51-35-33-46(38-55(51)59)61(47-34-36-52-50-24-12-14-27-54(50)60(3,4)56(52)39-47)57-28-16-25-48(45-22-15-21-44(37-45)41-19-9-6-10-20-41)58(57)43-31-29-42(30-32-43)40-17-7-5-8-18-40/h5-39H,1-4H3. The molecule has 0 fully saturated rings. The lowest BCUT2D eigenvalue weighted by Crippen LogP contribution is -2.18. The van der Waals surface area contributed by atoms with Crippen molar-refractivity contribution in [3.8, 4) is 66.8 Å². The molecule has 2 aliphatic rings. The van der Waals surface area contributed by atoms with Crippen molar-refractivity contribution in [2.75, 3.05) is 4.90 Å². The van der Waals surface area contributed by atoms with Crippen LogP contribution in [0.1, 0.15) is 49.9 Å². The van der Waals surface area contributed by atoms with E-state index in [0.717, 1.165) is 17.1 Å². The Bertz CT molecular complexity index is 3010. The van der Waals surface area contributed by atoms with Crippen LogP contribution >= 0.6 is 0 Å². The quantitative estimate of drug-likeness (QED) is 0.156. The van der Waals surface area contributed by atoms with Crippen molar-refractivity contribution in [3.63, 3.8) is 0 Å². The number of hydrogen-bond donors (Lipinski definition) is 0. The minimum Gasteiger partial charge on any atom is -0.310 e. The van der Waals surface area contributed by atoms with Crippen molar-refractivity contribution in [2.45, 2.75) is 38.5 Å². The van der Waals surface area contributed by atoms with Crippen LogP contribution in [0.25, 0.3) is 66.8 Å². The summed E-state index contributed by atoms with van der Waals surface area (Å²) in [7, 11) is 0. The third-order valence-electron chi connectivity index (χ3n) is 13.5. The van der Waals surface area contributed by atoms with Gasteiger partial charge >= 0.3 is 0 Å². The summed E-state index contributed by atoms with van der Waals surface area (Å²) in [5.74, 6) is 0. The van der Waals surface area contributed by atoms with Gasteiger partial charge < -0.3 is 4.90 Å². The molecule has 9 aromatic carbocycles. The lowest BCUT2D eigenvalue weighted by atomic mass is 9.82. The molecule has 61 heavy (non-hydrogen) atoms. The zero-order valence-electron chi connectivity index (χ0n) is 35.2. The van der Waals surface area contributed by atoms with Gasteiger partial charge in [0.1, 0.15) is 0 Å². The second-order valence-corrected chi connectivity index (χ2v) is 17.7. The van der Waals surface area contributed by atoms with Crippen LogP contribution in [0.4, 0.5) is 17.1 Å². The number of hydrogen-bond acceptors (Lipinski definition) is 1. The Morgan fingerprint density at radius 2 is 0.689 bits per heavy atom. The summed E-state index contributed by atoms with van der Waals surface area (Å²) >= 11 is 0. The summed E-state index contributed by atoms with van der Waals surface area (Å²) in [5.41, 5.74) is 23.4. The van der Waals surface area contributed by atoms with Gasteiger partial charge in [-0.25, -0.2) is 0 Å². The van der Waals surface area contributed by atoms with E-state index in [4.69, 9.17) is 0 Å². The van der Waals surface area contributed by atoms with Crippen LogP contribution in [-0.4, -0.2) is 0 Å². The van der Waals surface area contributed by atoms with E-state index in [1.165, 1.54) is 89.0 Å². The molecule has 0 aliphatic heterocycles. The van der Waals surface area contributed by atoms with E-state index >= 15 is 0 Å². The maximum absolute atomic E-state index is 2.53. The smallest absolute Gasteiger partial charge is 0.0546 e. The molecule has 0 bridgehead atoms. The van der Waals surface area contributed by atoms with Crippen molar-refractivity contribution >= 4 is 17.1 Å². The van der Waals surface area contributed by atoms with Crippen molar-refractivity contribution in [3.05, 3.63) is 235 Å². The number of fused-ring (bicyclic) bond motifs is 6. The van der Waals surface area contributed by atoms with Gasteiger partial charge in [-0.05, 0) is 120 Å². The van der Waals surface area contributed by atoms with E-state index in [0.29, 0.717) is 0 Å². The topological polar surface area (TPSA) is 3.24 Å². The third kappa shape index (κ3) is 5.99. The number of rotatable bonds is 7. The largest absolute Gasteiger partial charge is 0.310 e. The molecular formula is C60H47N. The monoisotopic (exact) mass is 781 g/mol. The molecule has 1 nitrogen and oxygen atoms in total. The molecule has 0 spiro atoms. The fourth-order valence-electron chi connectivity index (χ4n) is 10.3. The summed E-state index contributed by atoms with van der Waals surface area (Å²) in [6, 6.07) is 78.7. The van der Waals surface area contributed by atoms with Crippen LogP contribution in [0.15, 0.2) is 212 Å². The van der Waals surface area contributed by atoms with E-state index in [2.05, 4.69) is 245 Å². The molecule has 0 heterocycles. The first kappa shape index (κ1) is 36.8. The first-order valence-electron chi connectivity index (χ1n) is 21.5. The molecule has 9 aromatic rings. The average molecular weight is 782 g/mol. The molecule has 2 aliphatic carbocycles. The van der Waals surface area contributed by atoms with Gasteiger partial charge in [-0.2, -0.15) is 0 Å². The van der Waals surface area contributed by atoms with Gasteiger partial charge in [-0.1, -0.05) is 204 Å². The lowest BCUT2D eigenvalue weighted by molar-refractivity contribution is 0.660. The zero-order valence-corrected chi connectivity index (χ0v) is 35.2. The van der Waals surface area contributed by atoms with Gasteiger partial charge in [0.15, 0.2) is 0 Å². The van der Waals surface area contributed by atoms with Crippen LogP contribution in [0.3, 0.4) is 0 Å². The summed E-state index contributed by atoms with van der Waals surface area (Å²) in [5, 5.41) is 0. The molecule has 0 saturated carbocycles. The molecule has 0 unspecified atom stereocenters. The SMILES string of the molecule is CC1(C)c2ccccc2-c2ccc(N(c3ccc4c(c3)C(C)(C)c3ccccc3-4)c3cccc(-c4cccc(-c5ccccc5)c4)c3-c3ccc(-c4ccccc4)cc3)cc21. The highest BCUT2D eigenvalue weighted by Crippen LogP contribution is 2.54. The predicted octanol–water partition coefficient (Wildman–Crippen LogP) is 16.4. The normalized spacial score (nSPS) is 13.8. The molecule has 0 N–H and O–H groups in total.